The molecule has 2 atom stereocenters. The number of carbonyl (C=O) groups excluding carboxylic acids is 1. The second-order valence-electron chi connectivity index (χ2n) is 8.93. The van der Waals surface area contributed by atoms with Gasteiger partial charge in [-0.2, -0.15) is 0 Å². The summed E-state index contributed by atoms with van der Waals surface area (Å²) in [7, 11) is 1.86. The van der Waals surface area contributed by atoms with Crippen molar-refractivity contribution in [3.63, 3.8) is 0 Å². The van der Waals surface area contributed by atoms with E-state index < -0.39 is 0 Å². The van der Waals surface area contributed by atoms with Crippen LogP contribution in [0, 0.1) is 17.8 Å². The van der Waals surface area contributed by atoms with Gasteiger partial charge in [-0.3, -0.25) is 4.79 Å². The normalized spacial score (nSPS) is 23.6. The number of rotatable bonds is 6. The topological polar surface area (TPSA) is 61.4 Å². The predicted molar refractivity (Wildman–Crippen MR) is 119 cm³/mol. The van der Waals surface area contributed by atoms with E-state index in [9.17, 15) is 4.79 Å². The van der Waals surface area contributed by atoms with Crippen LogP contribution in [0.4, 0.5) is 11.6 Å². The molecule has 0 spiro atoms. The number of nitrogens with one attached hydrogen (secondary N) is 1. The van der Waals surface area contributed by atoms with Crippen molar-refractivity contribution in [2.24, 2.45) is 17.8 Å². The lowest BCUT2D eigenvalue weighted by molar-refractivity contribution is 0.0816. The van der Waals surface area contributed by atoms with Crippen molar-refractivity contribution in [2.75, 3.05) is 36.9 Å². The van der Waals surface area contributed by atoms with Crippen LogP contribution in [0.25, 0.3) is 0 Å². The van der Waals surface area contributed by atoms with Gasteiger partial charge in [0.2, 0.25) is 5.95 Å². The molecule has 2 fully saturated rings. The Bertz CT molecular complexity index is 926. The van der Waals surface area contributed by atoms with Crippen molar-refractivity contribution in [3.8, 4) is 0 Å². The summed E-state index contributed by atoms with van der Waals surface area (Å²) in [5, 5.41) is 4.15. The van der Waals surface area contributed by atoms with Crippen LogP contribution < -0.4 is 10.2 Å². The third-order valence-corrected chi connectivity index (χ3v) is 7.14. The van der Waals surface area contributed by atoms with E-state index in [0.29, 0.717) is 11.6 Å². The van der Waals surface area contributed by atoms with E-state index >= 15 is 0 Å². The highest BCUT2D eigenvalue weighted by Gasteiger charge is 2.43. The number of aromatic nitrogens is 2. The number of amides is 1. The maximum absolute atomic E-state index is 12.0. The molecule has 30 heavy (non-hydrogen) atoms. The molecule has 6 nitrogen and oxygen atoms in total. The van der Waals surface area contributed by atoms with Gasteiger partial charge >= 0.3 is 0 Å². The third kappa shape index (κ3) is 3.97. The Balaban J connectivity index is 1.05. The van der Waals surface area contributed by atoms with Crippen LogP contribution in [-0.4, -0.2) is 47.5 Å². The average molecular weight is 426 g/mol. The zero-order valence-electron chi connectivity index (χ0n) is 17.4. The molecular weight excluding hydrogens is 398 g/mol. The molecule has 0 bridgehead atoms. The minimum Gasteiger partial charge on any atom is -0.385 e. The Hall–Kier alpha value is -2.34. The second-order valence-corrected chi connectivity index (χ2v) is 9.37. The number of benzene rings is 1. The van der Waals surface area contributed by atoms with Gasteiger partial charge in [0.15, 0.2) is 0 Å². The summed E-state index contributed by atoms with van der Waals surface area (Å²) in [6, 6.07) is 6.13. The summed E-state index contributed by atoms with van der Waals surface area (Å²) in [5.41, 5.74) is 3.11. The number of fused-ring (bicyclic) bond motifs is 1. The maximum atomic E-state index is 12.0. The molecule has 1 unspecified atom stereocenters. The number of halogens is 1. The summed E-state index contributed by atoms with van der Waals surface area (Å²) in [6.07, 6.45) is 8.41. The first-order valence-electron chi connectivity index (χ1n) is 10.9. The largest absolute Gasteiger partial charge is 0.385 e. The molecule has 1 saturated carbocycles. The van der Waals surface area contributed by atoms with E-state index in [2.05, 4.69) is 26.3 Å². The van der Waals surface area contributed by atoms with Gasteiger partial charge in [0.25, 0.3) is 5.91 Å². The summed E-state index contributed by atoms with van der Waals surface area (Å²) in [4.78, 5) is 24.8. The second kappa shape index (κ2) is 8.06. The van der Waals surface area contributed by atoms with Gasteiger partial charge in [0, 0.05) is 44.5 Å². The molecule has 1 aromatic carbocycles. The molecule has 5 rings (SSSR count). The zero-order valence-corrected chi connectivity index (χ0v) is 18.1. The van der Waals surface area contributed by atoms with Crippen molar-refractivity contribution in [3.05, 3.63) is 46.7 Å². The van der Waals surface area contributed by atoms with Crippen molar-refractivity contribution in [2.45, 2.75) is 32.2 Å². The fourth-order valence-electron chi connectivity index (χ4n) is 5.15. The monoisotopic (exact) mass is 425 g/mol. The number of carbonyl (C=O) groups is 1. The molecule has 3 heterocycles. The molecule has 1 N–H and O–H groups in total. The summed E-state index contributed by atoms with van der Waals surface area (Å²) < 4.78 is 0. The van der Waals surface area contributed by atoms with Crippen LogP contribution in [-0.2, 0) is 6.54 Å². The van der Waals surface area contributed by atoms with E-state index in [1.54, 1.807) is 17.3 Å². The number of piperidine rings is 1. The Morgan fingerprint density at radius 3 is 2.73 bits per heavy atom. The van der Waals surface area contributed by atoms with Crippen LogP contribution in [0.5, 0.6) is 0 Å². The molecule has 7 heteroatoms. The molecular formula is C23H28ClN5O. The first kappa shape index (κ1) is 19.6. The lowest BCUT2D eigenvalue weighted by Gasteiger charge is -2.32. The minimum atomic E-state index is 0.131. The molecule has 1 aliphatic carbocycles. The molecule has 0 radical (unpaired) electrons. The van der Waals surface area contributed by atoms with Crippen molar-refractivity contribution < 1.29 is 4.79 Å². The lowest BCUT2D eigenvalue weighted by Crippen LogP contribution is -2.35. The third-order valence-electron chi connectivity index (χ3n) is 6.95. The average Bonchev–Trinajstić information content (AvgIpc) is 3.47. The Morgan fingerprint density at radius 2 is 1.97 bits per heavy atom. The zero-order chi connectivity index (χ0) is 20.7. The molecule has 1 saturated heterocycles. The Kier molecular flexibility index (Phi) is 5.27. The smallest absolute Gasteiger partial charge is 0.254 e. The minimum absolute atomic E-state index is 0.131. The quantitative estimate of drug-likeness (QED) is 0.755. The Morgan fingerprint density at radius 1 is 1.20 bits per heavy atom. The predicted octanol–water partition coefficient (Wildman–Crippen LogP) is 4.07. The molecule has 158 valence electrons. The molecule has 1 aromatic heterocycles. The van der Waals surface area contributed by atoms with Gasteiger partial charge in [-0.15, -0.1) is 0 Å². The van der Waals surface area contributed by atoms with Crippen molar-refractivity contribution in [1.29, 1.82) is 0 Å². The van der Waals surface area contributed by atoms with E-state index in [1.807, 2.05) is 19.2 Å². The van der Waals surface area contributed by atoms with E-state index in [-0.39, 0.29) is 5.91 Å². The highest BCUT2D eigenvalue weighted by Crippen LogP contribution is 2.49. The number of nitrogens with zero attached hydrogens (tertiary/aromatic N) is 4. The van der Waals surface area contributed by atoms with Crippen LogP contribution in [0.3, 0.4) is 0 Å². The van der Waals surface area contributed by atoms with Crippen LogP contribution in [0.2, 0.25) is 5.02 Å². The first-order valence-corrected chi connectivity index (χ1v) is 11.3. The molecule has 1 amide bonds. The number of hydrogen-bond donors (Lipinski definition) is 1. The van der Waals surface area contributed by atoms with Crippen LogP contribution in [0.1, 0.15) is 41.6 Å². The number of hydrogen-bond acceptors (Lipinski definition) is 5. The van der Waals surface area contributed by atoms with Crippen molar-refractivity contribution >= 4 is 29.1 Å². The van der Waals surface area contributed by atoms with E-state index in [0.717, 1.165) is 60.2 Å². The van der Waals surface area contributed by atoms with Gasteiger partial charge in [-0.1, -0.05) is 11.6 Å². The van der Waals surface area contributed by atoms with Gasteiger partial charge < -0.3 is 15.1 Å². The Labute approximate surface area is 182 Å². The van der Waals surface area contributed by atoms with Crippen LogP contribution in [0.15, 0.2) is 30.6 Å². The summed E-state index contributed by atoms with van der Waals surface area (Å²) in [5.74, 6) is 3.50. The van der Waals surface area contributed by atoms with Gasteiger partial charge in [0.05, 0.1) is 17.4 Å². The van der Waals surface area contributed by atoms with Gasteiger partial charge in [-0.25, -0.2) is 9.97 Å². The molecule has 2 aliphatic heterocycles. The fourth-order valence-corrected chi connectivity index (χ4v) is 5.25. The highest BCUT2D eigenvalue weighted by atomic mass is 35.5. The fraction of sp³-hybridized carbons (Fsp3) is 0.522. The number of anilines is 2. The lowest BCUT2D eigenvalue weighted by atomic mass is 9.90. The standard InChI is InChI=1S/C23H28ClN5O/c1-28-14-17-10-19(2-3-20(17)22(28)30)25-7-4-16-11-21(16)15-5-8-29(9-6-15)23-26-12-18(24)13-27-23/h2-3,10,12-13,15-16,21,25H,4-9,11,14H2,1H3/t16-,21?/m1/s1. The maximum Gasteiger partial charge on any atom is 0.254 e. The highest BCUT2D eigenvalue weighted by molar-refractivity contribution is 6.30. The summed E-state index contributed by atoms with van der Waals surface area (Å²) >= 11 is 5.89. The van der Waals surface area contributed by atoms with Crippen molar-refractivity contribution in [1.82, 2.24) is 14.9 Å². The SMILES string of the molecule is CN1Cc2cc(NCC[C@@H]3CC3C3CCN(c4ncc(Cl)cn4)CC3)ccc2C1=O. The van der Waals surface area contributed by atoms with Gasteiger partial charge in [0.1, 0.15) is 0 Å². The van der Waals surface area contributed by atoms with E-state index in [4.69, 9.17) is 11.6 Å². The van der Waals surface area contributed by atoms with E-state index in [1.165, 1.54) is 25.7 Å². The summed E-state index contributed by atoms with van der Waals surface area (Å²) in [6.45, 7) is 3.79. The molecule has 2 aromatic rings. The van der Waals surface area contributed by atoms with Gasteiger partial charge in [-0.05, 0) is 67.2 Å². The first-order chi connectivity index (χ1) is 14.6. The van der Waals surface area contributed by atoms with Crippen LogP contribution >= 0.6 is 11.6 Å². The molecule has 3 aliphatic rings.